The molecule has 0 aliphatic rings. The predicted molar refractivity (Wildman–Crippen MR) is 58.9 cm³/mol. The fourth-order valence-electron chi connectivity index (χ4n) is 1.30. The molecule has 0 amide bonds. The number of hydrogen-bond donors (Lipinski definition) is 2. The van der Waals surface area contributed by atoms with Gasteiger partial charge in [0.1, 0.15) is 0 Å². The molecule has 1 heterocycles. The molecule has 0 saturated carbocycles. The minimum Gasteiger partial charge on any atom is -0.478 e. The molecule has 0 aliphatic heterocycles. The SMILES string of the molecule is CCCCCc1scc(C(=O)O)c1N. The van der Waals surface area contributed by atoms with Crippen LogP contribution in [0.15, 0.2) is 5.38 Å². The molecule has 0 unspecified atom stereocenters. The Kier molecular flexibility index (Phi) is 3.95. The summed E-state index contributed by atoms with van der Waals surface area (Å²) in [5.74, 6) is -0.930. The highest BCUT2D eigenvalue weighted by molar-refractivity contribution is 7.10. The Balaban J connectivity index is 2.65. The van der Waals surface area contributed by atoms with E-state index in [0.29, 0.717) is 5.69 Å². The number of aromatic carboxylic acids is 1. The molecule has 0 spiro atoms. The van der Waals surface area contributed by atoms with Crippen molar-refractivity contribution in [3.05, 3.63) is 15.8 Å². The monoisotopic (exact) mass is 213 g/mol. The molecule has 0 bridgehead atoms. The molecule has 0 saturated heterocycles. The molecule has 0 aromatic carbocycles. The third-order valence-corrected chi connectivity index (χ3v) is 3.21. The smallest absolute Gasteiger partial charge is 0.338 e. The van der Waals surface area contributed by atoms with Gasteiger partial charge < -0.3 is 10.8 Å². The predicted octanol–water partition coefficient (Wildman–Crippen LogP) is 2.76. The molecule has 0 aliphatic carbocycles. The van der Waals surface area contributed by atoms with Gasteiger partial charge in [0.15, 0.2) is 0 Å². The van der Waals surface area contributed by atoms with Gasteiger partial charge in [0, 0.05) is 10.3 Å². The number of hydrogen-bond acceptors (Lipinski definition) is 3. The molecule has 0 atom stereocenters. The van der Waals surface area contributed by atoms with Gasteiger partial charge >= 0.3 is 5.97 Å². The van der Waals surface area contributed by atoms with Crippen molar-refractivity contribution in [3.8, 4) is 0 Å². The Labute approximate surface area is 87.6 Å². The largest absolute Gasteiger partial charge is 0.478 e. The van der Waals surface area contributed by atoms with E-state index in [9.17, 15) is 4.79 Å². The Morgan fingerprint density at radius 1 is 1.57 bits per heavy atom. The van der Waals surface area contributed by atoms with Gasteiger partial charge in [-0.15, -0.1) is 11.3 Å². The third-order valence-electron chi connectivity index (χ3n) is 2.15. The first-order valence-corrected chi connectivity index (χ1v) is 5.64. The minimum atomic E-state index is -0.930. The Bertz CT molecular complexity index is 320. The van der Waals surface area contributed by atoms with Crippen LogP contribution in [0.4, 0.5) is 5.69 Å². The van der Waals surface area contributed by atoms with Gasteiger partial charge in [-0.3, -0.25) is 0 Å². The maximum atomic E-state index is 10.7. The molecule has 4 heteroatoms. The summed E-state index contributed by atoms with van der Waals surface area (Å²) in [6.45, 7) is 2.14. The van der Waals surface area contributed by atoms with E-state index < -0.39 is 5.97 Å². The van der Waals surface area contributed by atoms with Gasteiger partial charge in [-0.05, 0) is 12.8 Å². The van der Waals surface area contributed by atoms with Crippen LogP contribution >= 0.6 is 11.3 Å². The van der Waals surface area contributed by atoms with E-state index in [0.717, 1.165) is 24.1 Å². The summed E-state index contributed by atoms with van der Waals surface area (Å²) >= 11 is 1.45. The number of rotatable bonds is 5. The Morgan fingerprint density at radius 3 is 2.79 bits per heavy atom. The molecule has 78 valence electrons. The molecule has 0 radical (unpaired) electrons. The summed E-state index contributed by atoms with van der Waals surface area (Å²) < 4.78 is 0. The van der Waals surface area contributed by atoms with Crippen molar-refractivity contribution in [2.24, 2.45) is 0 Å². The number of carboxylic acid groups (broad SMARTS) is 1. The number of thiophene rings is 1. The second-order valence-corrected chi connectivity index (χ2v) is 4.21. The molecule has 3 nitrogen and oxygen atoms in total. The van der Waals surface area contributed by atoms with Crippen molar-refractivity contribution in [1.29, 1.82) is 0 Å². The first-order chi connectivity index (χ1) is 6.66. The number of carboxylic acids is 1. The molecule has 14 heavy (non-hydrogen) atoms. The van der Waals surface area contributed by atoms with Gasteiger partial charge in [0.05, 0.1) is 11.3 Å². The molecule has 1 aromatic rings. The van der Waals surface area contributed by atoms with Crippen LogP contribution in [0, 0.1) is 0 Å². The number of unbranched alkanes of at least 4 members (excludes halogenated alkanes) is 2. The summed E-state index contributed by atoms with van der Waals surface area (Å²) in [6, 6.07) is 0. The normalized spacial score (nSPS) is 10.4. The lowest BCUT2D eigenvalue weighted by Gasteiger charge is -1.99. The van der Waals surface area contributed by atoms with E-state index >= 15 is 0 Å². The average molecular weight is 213 g/mol. The first-order valence-electron chi connectivity index (χ1n) is 4.76. The highest BCUT2D eigenvalue weighted by atomic mass is 32.1. The van der Waals surface area contributed by atoms with Crippen molar-refractivity contribution < 1.29 is 9.90 Å². The summed E-state index contributed by atoms with van der Waals surface area (Å²) in [4.78, 5) is 11.7. The number of nitrogen functional groups attached to an aromatic ring is 1. The van der Waals surface area contributed by atoms with Gasteiger partial charge in [-0.2, -0.15) is 0 Å². The topological polar surface area (TPSA) is 63.3 Å². The molecule has 1 aromatic heterocycles. The maximum absolute atomic E-state index is 10.7. The lowest BCUT2D eigenvalue weighted by molar-refractivity contribution is 0.0698. The highest BCUT2D eigenvalue weighted by Gasteiger charge is 2.13. The second kappa shape index (κ2) is 5.00. The Hall–Kier alpha value is -1.03. The van der Waals surface area contributed by atoms with Crippen LogP contribution in [-0.4, -0.2) is 11.1 Å². The van der Waals surface area contributed by atoms with Gasteiger partial charge in [0.25, 0.3) is 0 Å². The zero-order chi connectivity index (χ0) is 10.6. The van der Waals surface area contributed by atoms with Gasteiger partial charge in [0.2, 0.25) is 0 Å². The molecule has 0 fully saturated rings. The van der Waals surface area contributed by atoms with Crippen molar-refractivity contribution in [1.82, 2.24) is 0 Å². The lowest BCUT2D eigenvalue weighted by Crippen LogP contribution is -2.00. The first kappa shape index (κ1) is 11.0. The van der Waals surface area contributed by atoms with Crippen LogP contribution in [0.3, 0.4) is 0 Å². The average Bonchev–Trinajstić information content (AvgIpc) is 2.48. The zero-order valence-electron chi connectivity index (χ0n) is 8.25. The van der Waals surface area contributed by atoms with Crippen molar-refractivity contribution >= 4 is 23.0 Å². The standard InChI is InChI=1S/C10H15NO2S/c1-2-3-4-5-8-9(11)7(6-14-8)10(12)13/h6H,2-5,11H2,1H3,(H,12,13). The summed E-state index contributed by atoms with van der Waals surface area (Å²) in [7, 11) is 0. The molecule has 1 rings (SSSR count). The van der Waals surface area contributed by atoms with Gasteiger partial charge in [-0.1, -0.05) is 19.8 Å². The van der Waals surface area contributed by atoms with Crippen LogP contribution in [0.25, 0.3) is 0 Å². The van der Waals surface area contributed by atoms with E-state index in [1.54, 1.807) is 5.38 Å². The van der Waals surface area contributed by atoms with E-state index in [1.807, 2.05) is 0 Å². The quantitative estimate of drug-likeness (QED) is 0.739. The van der Waals surface area contributed by atoms with E-state index in [4.69, 9.17) is 10.8 Å². The van der Waals surface area contributed by atoms with Crippen LogP contribution in [0.1, 0.15) is 41.4 Å². The number of nitrogens with two attached hydrogens (primary N) is 1. The van der Waals surface area contributed by atoms with Gasteiger partial charge in [-0.25, -0.2) is 4.79 Å². The maximum Gasteiger partial charge on any atom is 0.338 e. The summed E-state index contributed by atoms with van der Waals surface area (Å²) in [6.07, 6.45) is 4.31. The Morgan fingerprint density at radius 2 is 2.29 bits per heavy atom. The molecule has 3 N–H and O–H groups in total. The van der Waals surface area contributed by atoms with Crippen molar-refractivity contribution in [3.63, 3.8) is 0 Å². The third kappa shape index (κ3) is 2.48. The fourth-order valence-corrected chi connectivity index (χ4v) is 2.29. The summed E-state index contributed by atoms with van der Waals surface area (Å²) in [5, 5.41) is 10.4. The minimum absolute atomic E-state index is 0.251. The molecular weight excluding hydrogens is 198 g/mol. The second-order valence-electron chi connectivity index (χ2n) is 3.25. The van der Waals surface area contributed by atoms with Crippen LogP contribution in [0.5, 0.6) is 0 Å². The lowest BCUT2D eigenvalue weighted by atomic mass is 10.1. The van der Waals surface area contributed by atoms with Crippen LogP contribution in [0.2, 0.25) is 0 Å². The number of anilines is 1. The van der Waals surface area contributed by atoms with Crippen LogP contribution < -0.4 is 5.73 Å². The number of carbonyl (C=O) groups is 1. The van der Waals surface area contributed by atoms with Crippen molar-refractivity contribution in [2.75, 3.05) is 5.73 Å². The van der Waals surface area contributed by atoms with E-state index in [2.05, 4.69) is 6.92 Å². The van der Waals surface area contributed by atoms with E-state index in [1.165, 1.54) is 17.8 Å². The van der Waals surface area contributed by atoms with Crippen molar-refractivity contribution in [2.45, 2.75) is 32.6 Å². The van der Waals surface area contributed by atoms with Crippen LogP contribution in [-0.2, 0) is 6.42 Å². The van der Waals surface area contributed by atoms with E-state index in [-0.39, 0.29) is 5.56 Å². The fraction of sp³-hybridized carbons (Fsp3) is 0.500. The summed E-state index contributed by atoms with van der Waals surface area (Å²) in [5.41, 5.74) is 6.42. The number of aryl methyl sites for hydroxylation is 1. The highest BCUT2D eigenvalue weighted by Crippen LogP contribution is 2.26. The molecular formula is C10H15NO2S. The zero-order valence-corrected chi connectivity index (χ0v) is 9.06.